The second-order valence-electron chi connectivity index (χ2n) is 6.70. The fraction of sp³-hybridized carbons (Fsp3) is 0.824. The summed E-state index contributed by atoms with van der Waals surface area (Å²) in [6, 6.07) is 0.696. The molecule has 20 heavy (non-hydrogen) atoms. The molecule has 0 spiro atoms. The van der Waals surface area contributed by atoms with E-state index in [1.807, 2.05) is 0 Å². The van der Waals surface area contributed by atoms with Crippen LogP contribution in [0.3, 0.4) is 0 Å². The van der Waals surface area contributed by atoms with E-state index in [0.29, 0.717) is 11.9 Å². The molecule has 3 aliphatic rings. The molecule has 2 heterocycles. The highest BCUT2D eigenvalue weighted by atomic mass is 16.2. The molecule has 1 aliphatic carbocycles. The van der Waals surface area contributed by atoms with Crippen LogP contribution in [0.5, 0.6) is 0 Å². The number of amides is 1. The van der Waals surface area contributed by atoms with Crippen LogP contribution in [0.4, 0.5) is 0 Å². The Morgan fingerprint density at radius 3 is 2.60 bits per heavy atom. The van der Waals surface area contributed by atoms with E-state index in [1.165, 1.54) is 51.6 Å². The van der Waals surface area contributed by atoms with E-state index in [2.05, 4.69) is 22.0 Å². The second-order valence-corrected chi connectivity index (χ2v) is 6.70. The van der Waals surface area contributed by atoms with Crippen molar-refractivity contribution in [2.24, 2.45) is 5.92 Å². The number of piperidine rings is 2. The van der Waals surface area contributed by atoms with Gasteiger partial charge in [0.05, 0.1) is 0 Å². The van der Waals surface area contributed by atoms with Crippen molar-refractivity contribution in [3.05, 3.63) is 12.2 Å². The first-order valence-electron chi connectivity index (χ1n) is 8.51. The first-order valence-corrected chi connectivity index (χ1v) is 8.51. The standard InChI is InChI=1S/C17H28N2O/c20-17-8-4-5-11-19(17)14-15-9-12-18(13-10-15)16-6-2-1-3-7-16/h2,6,15-16H,1,3-5,7-14H2. The molecule has 1 atom stereocenters. The summed E-state index contributed by atoms with van der Waals surface area (Å²) in [5.41, 5.74) is 0. The van der Waals surface area contributed by atoms with Crippen molar-refractivity contribution in [3.8, 4) is 0 Å². The topological polar surface area (TPSA) is 23.6 Å². The maximum absolute atomic E-state index is 11.9. The van der Waals surface area contributed by atoms with Gasteiger partial charge >= 0.3 is 0 Å². The molecule has 3 heteroatoms. The number of likely N-dealkylation sites (tertiary alicyclic amines) is 2. The summed E-state index contributed by atoms with van der Waals surface area (Å²) >= 11 is 0. The minimum Gasteiger partial charge on any atom is -0.342 e. The van der Waals surface area contributed by atoms with E-state index in [4.69, 9.17) is 0 Å². The highest BCUT2D eigenvalue weighted by Crippen LogP contribution is 2.25. The molecular weight excluding hydrogens is 248 g/mol. The Morgan fingerprint density at radius 1 is 1.05 bits per heavy atom. The van der Waals surface area contributed by atoms with E-state index >= 15 is 0 Å². The van der Waals surface area contributed by atoms with Crippen LogP contribution < -0.4 is 0 Å². The van der Waals surface area contributed by atoms with Gasteiger partial charge in [-0.15, -0.1) is 0 Å². The molecule has 0 bridgehead atoms. The molecule has 1 unspecified atom stereocenters. The van der Waals surface area contributed by atoms with Crippen molar-refractivity contribution in [2.45, 2.75) is 57.4 Å². The largest absolute Gasteiger partial charge is 0.342 e. The maximum atomic E-state index is 11.9. The van der Waals surface area contributed by atoms with Gasteiger partial charge in [0, 0.05) is 25.6 Å². The zero-order valence-corrected chi connectivity index (χ0v) is 12.6. The van der Waals surface area contributed by atoms with Crippen LogP contribution >= 0.6 is 0 Å². The van der Waals surface area contributed by atoms with Gasteiger partial charge in [-0.2, -0.15) is 0 Å². The third-order valence-electron chi connectivity index (χ3n) is 5.25. The zero-order valence-electron chi connectivity index (χ0n) is 12.6. The van der Waals surface area contributed by atoms with Gasteiger partial charge in [-0.05, 0) is 64.0 Å². The number of nitrogens with zero attached hydrogens (tertiary/aromatic N) is 2. The van der Waals surface area contributed by atoms with Gasteiger partial charge in [-0.1, -0.05) is 12.2 Å². The molecule has 0 aromatic heterocycles. The van der Waals surface area contributed by atoms with Crippen molar-refractivity contribution >= 4 is 5.91 Å². The average Bonchev–Trinajstić information content (AvgIpc) is 2.51. The number of rotatable bonds is 3. The van der Waals surface area contributed by atoms with Gasteiger partial charge < -0.3 is 4.90 Å². The number of carbonyl (C=O) groups excluding carboxylic acids is 1. The van der Waals surface area contributed by atoms with Crippen LogP contribution in [0.25, 0.3) is 0 Å². The van der Waals surface area contributed by atoms with Crippen molar-refractivity contribution < 1.29 is 4.79 Å². The summed E-state index contributed by atoms with van der Waals surface area (Å²) in [7, 11) is 0. The summed E-state index contributed by atoms with van der Waals surface area (Å²) in [5, 5.41) is 0. The van der Waals surface area contributed by atoms with E-state index in [-0.39, 0.29) is 0 Å². The molecule has 112 valence electrons. The summed E-state index contributed by atoms with van der Waals surface area (Å²) in [6.07, 6.45) is 14.4. The van der Waals surface area contributed by atoms with E-state index < -0.39 is 0 Å². The van der Waals surface area contributed by atoms with E-state index in [9.17, 15) is 4.79 Å². The molecule has 3 nitrogen and oxygen atoms in total. The lowest BCUT2D eigenvalue weighted by Crippen LogP contribution is -2.45. The quantitative estimate of drug-likeness (QED) is 0.740. The molecule has 0 radical (unpaired) electrons. The van der Waals surface area contributed by atoms with Gasteiger partial charge in [-0.25, -0.2) is 0 Å². The monoisotopic (exact) mass is 276 g/mol. The fourth-order valence-corrected chi connectivity index (χ4v) is 3.93. The third-order valence-corrected chi connectivity index (χ3v) is 5.25. The Kier molecular flexibility index (Phi) is 4.77. The average molecular weight is 276 g/mol. The first kappa shape index (κ1) is 14.1. The zero-order chi connectivity index (χ0) is 13.8. The summed E-state index contributed by atoms with van der Waals surface area (Å²) in [4.78, 5) is 16.7. The minimum absolute atomic E-state index is 0.397. The Labute approximate surface area is 123 Å². The molecule has 0 aromatic rings. The Balaban J connectivity index is 1.45. The molecule has 3 rings (SSSR count). The molecular formula is C17H28N2O. The lowest BCUT2D eigenvalue weighted by Gasteiger charge is -2.39. The van der Waals surface area contributed by atoms with Crippen LogP contribution in [-0.2, 0) is 4.79 Å². The fourth-order valence-electron chi connectivity index (χ4n) is 3.93. The van der Waals surface area contributed by atoms with Crippen LogP contribution in [0.15, 0.2) is 12.2 Å². The molecule has 2 aliphatic heterocycles. The third kappa shape index (κ3) is 3.43. The van der Waals surface area contributed by atoms with Gasteiger partial charge in [0.1, 0.15) is 0 Å². The van der Waals surface area contributed by atoms with Gasteiger partial charge in [0.15, 0.2) is 0 Å². The molecule has 0 N–H and O–H groups in total. The number of allylic oxidation sites excluding steroid dienone is 1. The molecule has 0 aromatic carbocycles. The highest BCUT2D eigenvalue weighted by molar-refractivity contribution is 5.76. The van der Waals surface area contributed by atoms with Crippen LogP contribution in [-0.4, -0.2) is 47.9 Å². The molecule has 2 fully saturated rings. The number of carbonyl (C=O) groups is 1. The summed E-state index contributed by atoms with van der Waals surface area (Å²) < 4.78 is 0. The van der Waals surface area contributed by atoms with Crippen molar-refractivity contribution in [3.63, 3.8) is 0 Å². The van der Waals surface area contributed by atoms with Crippen molar-refractivity contribution in [1.82, 2.24) is 9.80 Å². The smallest absolute Gasteiger partial charge is 0.222 e. The molecule has 2 saturated heterocycles. The second kappa shape index (κ2) is 6.75. The minimum atomic E-state index is 0.397. The predicted molar refractivity (Wildman–Crippen MR) is 81.5 cm³/mol. The summed E-state index contributed by atoms with van der Waals surface area (Å²) in [5.74, 6) is 1.13. The molecule has 1 amide bonds. The lowest BCUT2D eigenvalue weighted by atomic mass is 9.92. The van der Waals surface area contributed by atoms with Crippen LogP contribution in [0.2, 0.25) is 0 Å². The van der Waals surface area contributed by atoms with Crippen molar-refractivity contribution in [1.29, 1.82) is 0 Å². The predicted octanol–water partition coefficient (Wildman–Crippen LogP) is 2.82. The van der Waals surface area contributed by atoms with Gasteiger partial charge in [0.2, 0.25) is 5.91 Å². The Bertz CT molecular complexity index is 358. The first-order chi connectivity index (χ1) is 9.83. The SMILES string of the molecule is O=C1CCCCN1CC1CCN(C2C=CCCC2)CC1. The maximum Gasteiger partial charge on any atom is 0.222 e. The van der Waals surface area contributed by atoms with Crippen LogP contribution in [0.1, 0.15) is 51.4 Å². The number of hydrogen-bond donors (Lipinski definition) is 0. The van der Waals surface area contributed by atoms with Gasteiger partial charge in [0.25, 0.3) is 0 Å². The lowest BCUT2D eigenvalue weighted by molar-refractivity contribution is -0.134. The van der Waals surface area contributed by atoms with Gasteiger partial charge in [-0.3, -0.25) is 9.69 Å². The van der Waals surface area contributed by atoms with E-state index in [1.54, 1.807) is 0 Å². The van der Waals surface area contributed by atoms with Crippen LogP contribution in [0, 0.1) is 5.92 Å². The Morgan fingerprint density at radius 2 is 1.90 bits per heavy atom. The Hall–Kier alpha value is -0.830. The van der Waals surface area contributed by atoms with E-state index in [0.717, 1.165) is 31.8 Å². The normalized spacial score (nSPS) is 29.9. The highest BCUT2D eigenvalue weighted by Gasteiger charge is 2.27. The molecule has 0 saturated carbocycles. The summed E-state index contributed by atoms with van der Waals surface area (Å²) in [6.45, 7) is 4.47. The number of hydrogen-bond acceptors (Lipinski definition) is 2. The van der Waals surface area contributed by atoms with Crippen molar-refractivity contribution in [2.75, 3.05) is 26.2 Å².